The maximum Gasteiger partial charge on any atom is 0.227 e. The Morgan fingerprint density at radius 2 is 1.96 bits per heavy atom. The Kier molecular flexibility index (Phi) is 4.36. The minimum Gasteiger partial charge on any atom is -0.346 e. The smallest absolute Gasteiger partial charge is 0.227 e. The van der Waals surface area contributed by atoms with Crippen molar-refractivity contribution in [2.24, 2.45) is 7.05 Å². The molecule has 3 aromatic rings. The van der Waals surface area contributed by atoms with Gasteiger partial charge in [-0.15, -0.1) is 0 Å². The SMILES string of the molecule is Cn1nc2c(c1NC(=O)CC(c1ccccc1)n1cccc1)CSC2. The molecule has 0 bridgehead atoms. The molecule has 128 valence electrons. The molecule has 1 aromatic carbocycles. The fraction of sp³-hybridized carbons (Fsp3) is 0.263. The Hall–Kier alpha value is -2.47. The summed E-state index contributed by atoms with van der Waals surface area (Å²) in [6.07, 6.45) is 4.39. The zero-order valence-electron chi connectivity index (χ0n) is 14.1. The Morgan fingerprint density at radius 1 is 1.20 bits per heavy atom. The van der Waals surface area contributed by atoms with E-state index in [0.717, 1.165) is 34.1 Å². The standard InChI is InChI=1S/C19H20N4OS/c1-22-19(15-12-25-13-16(15)21-22)20-18(24)11-17(23-9-5-6-10-23)14-7-3-2-4-8-14/h2-10,17H,11-13H2,1H3,(H,20,24). The highest BCUT2D eigenvalue weighted by molar-refractivity contribution is 7.98. The van der Waals surface area contributed by atoms with Gasteiger partial charge in [-0.05, 0) is 17.7 Å². The first-order chi connectivity index (χ1) is 12.2. The van der Waals surface area contributed by atoms with E-state index >= 15 is 0 Å². The van der Waals surface area contributed by atoms with Gasteiger partial charge in [0, 0.05) is 36.5 Å². The average molecular weight is 352 g/mol. The second-order valence-corrected chi connectivity index (χ2v) is 7.18. The third-order valence-electron chi connectivity index (χ3n) is 4.52. The Balaban J connectivity index is 1.56. The molecule has 1 N–H and O–H groups in total. The lowest BCUT2D eigenvalue weighted by Crippen LogP contribution is -2.21. The van der Waals surface area contributed by atoms with Crippen LogP contribution in [0.3, 0.4) is 0 Å². The summed E-state index contributed by atoms with van der Waals surface area (Å²) in [4.78, 5) is 12.8. The van der Waals surface area contributed by atoms with E-state index in [0.29, 0.717) is 6.42 Å². The number of thioether (sulfide) groups is 1. The predicted molar refractivity (Wildman–Crippen MR) is 100 cm³/mol. The Bertz CT molecular complexity index is 870. The number of fused-ring (bicyclic) bond motifs is 1. The third-order valence-corrected chi connectivity index (χ3v) is 5.49. The average Bonchev–Trinajstić information content (AvgIpc) is 3.34. The summed E-state index contributed by atoms with van der Waals surface area (Å²) in [5.41, 5.74) is 3.38. The van der Waals surface area contributed by atoms with Crippen LogP contribution in [0.2, 0.25) is 0 Å². The number of hydrogen-bond acceptors (Lipinski definition) is 3. The second kappa shape index (κ2) is 6.80. The van der Waals surface area contributed by atoms with E-state index in [1.165, 1.54) is 0 Å². The van der Waals surface area contributed by atoms with E-state index in [9.17, 15) is 4.79 Å². The van der Waals surface area contributed by atoms with Gasteiger partial charge in [-0.1, -0.05) is 30.3 Å². The minimum absolute atomic E-state index is 0.00486. The van der Waals surface area contributed by atoms with Crippen molar-refractivity contribution in [1.82, 2.24) is 14.3 Å². The van der Waals surface area contributed by atoms with Crippen molar-refractivity contribution >= 4 is 23.5 Å². The molecule has 1 unspecified atom stereocenters. The quantitative estimate of drug-likeness (QED) is 0.763. The monoisotopic (exact) mass is 352 g/mol. The van der Waals surface area contributed by atoms with Gasteiger partial charge in [0.05, 0.1) is 18.2 Å². The van der Waals surface area contributed by atoms with E-state index in [1.807, 2.05) is 61.5 Å². The van der Waals surface area contributed by atoms with Gasteiger partial charge < -0.3 is 9.88 Å². The van der Waals surface area contributed by atoms with Crippen LogP contribution in [-0.2, 0) is 23.3 Å². The normalized spacial score (nSPS) is 14.3. The molecule has 1 aliphatic heterocycles. The molecule has 4 rings (SSSR count). The van der Waals surface area contributed by atoms with E-state index in [1.54, 1.807) is 4.68 Å². The van der Waals surface area contributed by atoms with Gasteiger partial charge in [-0.2, -0.15) is 16.9 Å². The van der Waals surface area contributed by atoms with Crippen LogP contribution in [0.5, 0.6) is 0 Å². The molecule has 1 amide bonds. The van der Waals surface area contributed by atoms with Crippen LogP contribution < -0.4 is 5.32 Å². The van der Waals surface area contributed by atoms with Crippen molar-refractivity contribution in [2.45, 2.75) is 24.0 Å². The molecule has 1 atom stereocenters. The van der Waals surface area contributed by atoms with Crippen LogP contribution in [0.1, 0.15) is 29.3 Å². The van der Waals surface area contributed by atoms with Crippen LogP contribution in [0, 0.1) is 0 Å². The number of rotatable bonds is 5. The minimum atomic E-state index is -0.0214. The van der Waals surface area contributed by atoms with Gasteiger partial charge >= 0.3 is 0 Å². The summed E-state index contributed by atoms with van der Waals surface area (Å²) in [6.45, 7) is 0. The lowest BCUT2D eigenvalue weighted by molar-refractivity contribution is -0.116. The number of nitrogens with zero attached hydrogens (tertiary/aromatic N) is 3. The van der Waals surface area contributed by atoms with E-state index in [-0.39, 0.29) is 11.9 Å². The summed E-state index contributed by atoms with van der Waals surface area (Å²) < 4.78 is 3.87. The molecule has 5 nitrogen and oxygen atoms in total. The van der Waals surface area contributed by atoms with Gasteiger partial charge in [-0.25, -0.2) is 0 Å². The molecule has 3 heterocycles. The first-order valence-corrected chi connectivity index (χ1v) is 9.47. The van der Waals surface area contributed by atoms with Crippen LogP contribution >= 0.6 is 11.8 Å². The zero-order valence-corrected chi connectivity index (χ0v) is 14.9. The molecule has 0 saturated carbocycles. The van der Waals surface area contributed by atoms with Crippen molar-refractivity contribution in [3.8, 4) is 0 Å². The molecule has 0 saturated heterocycles. The fourth-order valence-electron chi connectivity index (χ4n) is 3.28. The largest absolute Gasteiger partial charge is 0.346 e. The highest BCUT2D eigenvalue weighted by Gasteiger charge is 2.24. The van der Waals surface area contributed by atoms with Crippen LogP contribution in [0.4, 0.5) is 5.82 Å². The molecule has 25 heavy (non-hydrogen) atoms. The molecule has 0 radical (unpaired) electrons. The van der Waals surface area contributed by atoms with Crippen molar-refractivity contribution in [3.05, 3.63) is 71.7 Å². The maximum absolute atomic E-state index is 12.8. The number of aromatic nitrogens is 3. The van der Waals surface area contributed by atoms with Crippen molar-refractivity contribution in [1.29, 1.82) is 0 Å². The molecule has 6 heteroatoms. The summed E-state index contributed by atoms with van der Waals surface area (Å²) in [5.74, 6) is 2.68. The summed E-state index contributed by atoms with van der Waals surface area (Å²) in [6, 6.07) is 14.1. The molecule has 0 fully saturated rings. The lowest BCUT2D eigenvalue weighted by Gasteiger charge is -2.19. The van der Waals surface area contributed by atoms with Gasteiger partial charge in [0.1, 0.15) is 5.82 Å². The predicted octanol–water partition coefficient (Wildman–Crippen LogP) is 3.59. The van der Waals surface area contributed by atoms with Crippen LogP contribution in [0.25, 0.3) is 0 Å². The third kappa shape index (κ3) is 3.22. The van der Waals surface area contributed by atoms with Crippen molar-refractivity contribution in [2.75, 3.05) is 5.32 Å². The summed E-state index contributed by atoms with van der Waals surface area (Å²) in [5, 5.41) is 7.59. The molecular formula is C19H20N4OS. The number of nitrogens with one attached hydrogen (secondary N) is 1. The van der Waals surface area contributed by atoms with Crippen molar-refractivity contribution < 1.29 is 4.79 Å². The number of aryl methyl sites for hydroxylation is 1. The molecule has 0 aliphatic carbocycles. The van der Waals surface area contributed by atoms with Crippen LogP contribution in [0.15, 0.2) is 54.9 Å². The number of carbonyl (C=O) groups is 1. The zero-order chi connectivity index (χ0) is 17.2. The van der Waals surface area contributed by atoms with Gasteiger partial charge in [-0.3, -0.25) is 9.48 Å². The van der Waals surface area contributed by atoms with Gasteiger partial charge in [0.2, 0.25) is 5.91 Å². The summed E-state index contributed by atoms with van der Waals surface area (Å²) in [7, 11) is 1.89. The molecule has 2 aromatic heterocycles. The highest BCUT2D eigenvalue weighted by atomic mass is 32.2. The first kappa shape index (κ1) is 16.0. The number of anilines is 1. The van der Waals surface area contributed by atoms with E-state index < -0.39 is 0 Å². The summed E-state index contributed by atoms with van der Waals surface area (Å²) >= 11 is 1.84. The number of carbonyl (C=O) groups excluding carboxylic acids is 1. The molecular weight excluding hydrogens is 332 g/mol. The Morgan fingerprint density at radius 3 is 2.72 bits per heavy atom. The van der Waals surface area contributed by atoms with Crippen LogP contribution in [-0.4, -0.2) is 20.3 Å². The first-order valence-electron chi connectivity index (χ1n) is 8.32. The van der Waals surface area contributed by atoms with Gasteiger partial charge in [0.25, 0.3) is 0 Å². The number of amides is 1. The van der Waals surface area contributed by atoms with Crippen molar-refractivity contribution in [3.63, 3.8) is 0 Å². The lowest BCUT2D eigenvalue weighted by atomic mass is 10.0. The topological polar surface area (TPSA) is 51.9 Å². The van der Waals surface area contributed by atoms with Gasteiger partial charge in [0.15, 0.2) is 0 Å². The number of benzene rings is 1. The molecule has 0 spiro atoms. The van der Waals surface area contributed by atoms with E-state index in [2.05, 4.69) is 27.1 Å². The second-order valence-electron chi connectivity index (χ2n) is 6.20. The van der Waals surface area contributed by atoms with E-state index in [4.69, 9.17) is 0 Å². The Labute approximate surface area is 151 Å². The number of hydrogen-bond donors (Lipinski definition) is 1. The highest BCUT2D eigenvalue weighted by Crippen LogP contribution is 2.34. The maximum atomic E-state index is 12.8. The fourth-order valence-corrected chi connectivity index (χ4v) is 4.32. The molecule has 1 aliphatic rings.